The summed E-state index contributed by atoms with van der Waals surface area (Å²) < 4.78 is 0. The van der Waals surface area contributed by atoms with E-state index < -0.39 is 0 Å². The van der Waals surface area contributed by atoms with Crippen LogP contribution in [0.2, 0.25) is 0 Å². The molecular formula is C13H16N2S. The molecule has 0 fully saturated rings. The molecule has 3 heteroatoms. The van der Waals surface area contributed by atoms with Gasteiger partial charge < -0.3 is 5.32 Å². The molecule has 0 saturated carbocycles. The molecule has 0 aliphatic carbocycles. The van der Waals surface area contributed by atoms with Crippen molar-refractivity contribution in [2.45, 2.75) is 26.4 Å². The molecule has 0 unspecified atom stereocenters. The molecule has 0 radical (unpaired) electrons. The summed E-state index contributed by atoms with van der Waals surface area (Å²) in [7, 11) is 0. The number of thiazole rings is 1. The van der Waals surface area contributed by atoms with Crippen LogP contribution in [0, 0.1) is 0 Å². The van der Waals surface area contributed by atoms with E-state index in [0.717, 1.165) is 25.2 Å². The molecule has 2 rings (SSSR count). The molecule has 2 nitrogen and oxygen atoms in total. The van der Waals surface area contributed by atoms with Gasteiger partial charge in [0.2, 0.25) is 0 Å². The molecule has 84 valence electrons. The Labute approximate surface area is 100 Å². The smallest absolute Gasteiger partial charge is 0.0795 e. The highest BCUT2D eigenvalue weighted by atomic mass is 32.1. The lowest BCUT2D eigenvalue weighted by Gasteiger charge is -2.04. The summed E-state index contributed by atoms with van der Waals surface area (Å²) in [5.74, 6) is 0. The van der Waals surface area contributed by atoms with E-state index in [-0.39, 0.29) is 0 Å². The molecule has 0 bridgehead atoms. The van der Waals surface area contributed by atoms with E-state index in [1.165, 1.54) is 11.1 Å². The Morgan fingerprint density at radius 1 is 1.12 bits per heavy atom. The molecule has 16 heavy (non-hydrogen) atoms. The van der Waals surface area contributed by atoms with Gasteiger partial charge in [0.05, 0.1) is 11.2 Å². The average molecular weight is 232 g/mol. The Morgan fingerprint density at radius 3 is 2.50 bits per heavy atom. The molecule has 0 aliphatic rings. The van der Waals surface area contributed by atoms with E-state index >= 15 is 0 Å². The Morgan fingerprint density at radius 2 is 1.88 bits per heavy atom. The second-order valence-corrected chi connectivity index (χ2v) is 4.47. The first kappa shape index (κ1) is 11.3. The molecule has 0 atom stereocenters. The number of aryl methyl sites for hydroxylation is 1. The molecule has 1 heterocycles. The molecule has 0 amide bonds. The second-order valence-electron chi connectivity index (χ2n) is 3.75. The predicted molar refractivity (Wildman–Crippen MR) is 68.5 cm³/mol. The first-order valence-corrected chi connectivity index (χ1v) is 6.48. The summed E-state index contributed by atoms with van der Waals surface area (Å²) in [6.45, 7) is 3.93. The van der Waals surface area contributed by atoms with Crippen LogP contribution < -0.4 is 5.32 Å². The van der Waals surface area contributed by atoms with Crippen LogP contribution in [0.15, 0.2) is 35.2 Å². The first-order valence-electron chi connectivity index (χ1n) is 5.54. The molecule has 1 aromatic carbocycles. The second kappa shape index (κ2) is 5.77. The van der Waals surface area contributed by atoms with Crippen molar-refractivity contribution in [2.75, 3.05) is 0 Å². The largest absolute Gasteiger partial charge is 0.307 e. The van der Waals surface area contributed by atoms with Gasteiger partial charge in [0.25, 0.3) is 0 Å². The quantitative estimate of drug-likeness (QED) is 0.857. The predicted octanol–water partition coefficient (Wildman–Crippen LogP) is 3.00. The van der Waals surface area contributed by atoms with Crippen LogP contribution in [0.5, 0.6) is 0 Å². The van der Waals surface area contributed by atoms with Gasteiger partial charge in [-0.25, -0.2) is 4.98 Å². The van der Waals surface area contributed by atoms with E-state index in [1.54, 1.807) is 11.3 Å². The maximum Gasteiger partial charge on any atom is 0.0795 e. The Hall–Kier alpha value is -1.19. The van der Waals surface area contributed by atoms with Crippen LogP contribution >= 0.6 is 11.3 Å². The summed E-state index contributed by atoms with van der Waals surface area (Å²) in [6.07, 6.45) is 1.10. The number of aromatic nitrogens is 1. The van der Waals surface area contributed by atoms with Crippen LogP contribution in [-0.2, 0) is 19.5 Å². The zero-order chi connectivity index (χ0) is 11.2. The monoisotopic (exact) mass is 232 g/mol. The normalized spacial score (nSPS) is 10.6. The van der Waals surface area contributed by atoms with Crippen molar-refractivity contribution in [3.8, 4) is 0 Å². The molecule has 0 aliphatic heterocycles. The van der Waals surface area contributed by atoms with E-state index in [0.29, 0.717) is 0 Å². The number of hydrogen-bond donors (Lipinski definition) is 1. The van der Waals surface area contributed by atoms with E-state index in [4.69, 9.17) is 0 Å². The number of benzene rings is 1. The van der Waals surface area contributed by atoms with E-state index in [1.807, 2.05) is 5.51 Å². The van der Waals surface area contributed by atoms with Gasteiger partial charge in [0.1, 0.15) is 0 Å². The van der Waals surface area contributed by atoms with Gasteiger partial charge in [-0.1, -0.05) is 31.2 Å². The average Bonchev–Trinajstić information content (AvgIpc) is 2.83. The lowest BCUT2D eigenvalue weighted by molar-refractivity contribution is 0.682. The number of nitrogens with zero attached hydrogens (tertiary/aromatic N) is 1. The fourth-order valence-corrected chi connectivity index (χ4v) is 2.11. The molecule has 1 N–H and O–H groups in total. The van der Waals surface area contributed by atoms with Gasteiger partial charge in [0.15, 0.2) is 0 Å². The number of rotatable bonds is 5. The van der Waals surface area contributed by atoms with Crippen LogP contribution in [0.1, 0.15) is 23.7 Å². The maximum absolute atomic E-state index is 4.23. The van der Waals surface area contributed by atoms with Gasteiger partial charge in [-0.2, -0.15) is 0 Å². The fraction of sp³-hybridized carbons (Fsp3) is 0.308. The Balaban J connectivity index is 1.81. The van der Waals surface area contributed by atoms with Crippen molar-refractivity contribution >= 4 is 11.3 Å². The van der Waals surface area contributed by atoms with Crippen molar-refractivity contribution in [3.63, 3.8) is 0 Å². The third kappa shape index (κ3) is 3.15. The zero-order valence-corrected chi connectivity index (χ0v) is 10.3. The van der Waals surface area contributed by atoms with E-state index in [2.05, 4.69) is 46.9 Å². The fourth-order valence-electron chi connectivity index (χ4n) is 1.55. The SMILES string of the molecule is CCc1ccc(CNCc2cscn2)cc1. The standard InChI is InChI=1S/C13H16N2S/c1-2-11-3-5-12(6-4-11)7-14-8-13-9-16-10-15-13/h3-6,9-10,14H,2,7-8H2,1H3. The molecule has 2 aromatic rings. The van der Waals surface area contributed by atoms with Crippen molar-refractivity contribution in [3.05, 3.63) is 52.0 Å². The third-order valence-corrected chi connectivity index (χ3v) is 3.19. The molecule has 0 saturated heterocycles. The van der Waals surface area contributed by atoms with Crippen molar-refractivity contribution < 1.29 is 0 Å². The Kier molecular flexibility index (Phi) is 4.08. The van der Waals surface area contributed by atoms with Gasteiger partial charge >= 0.3 is 0 Å². The lowest BCUT2D eigenvalue weighted by atomic mass is 10.1. The minimum absolute atomic E-state index is 0.846. The summed E-state index contributed by atoms with van der Waals surface area (Å²) in [5.41, 5.74) is 5.71. The summed E-state index contributed by atoms with van der Waals surface area (Å²) >= 11 is 1.64. The highest BCUT2D eigenvalue weighted by molar-refractivity contribution is 7.07. The van der Waals surface area contributed by atoms with Gasteiger partial charge in [-0.15, -0.1) is 11.3 Å². The number of nitrogens with one attached hydrogen (secondary N) is 1. The van der Waals surface area contributed by atoms with Crippen molar-refractivity contribution in [2.24, 2.45) is 0 Å². The Bertz CT molecular complexity index is 406. The maximum atomic E-state index is 4.23. The van der Waals surface area contributed by atoms with E-state index in [9.17, 15) is 0 Å². The van der Waals surface area contributed by atoms with Gasteiger partial charge in [0, 0.05) is 18.5 Å². The van der Waals surface area contributed by atoms with Crippen LogP contribution in [0.3, 0.4) is 0 Å². The zero-order valence-electron chi connectivity index (χ0n) is 9.44. The molecule has 0 spiro atoms. The summed E-state index contributed by atoms with van der Waals surface area (Å²) in [4.78, 5) is 4.23. The number of hydrogen-bond acceptors (Lipinski definition) is 3. The van der Waals surface area contributed by atoms with Crippen molar-refractivity contribution in [1.29, 1.82) is 0 Å². The minimum atomic E-state index is 0.846. The van der Waals surface area contributed by atoms with Gasteiger partial charge in [-0.05, 0) is 17.5 Å². The molecular weight excluding hydrogens is 216 g/mol. The lowest BCUT2D eigenvalue weighted by Crippen LogP contribution is -2.12. The van der Waals surface area contributed by atoms with Crippen LogP contribution in [-0.4, -0.2) is 4.98 Å². The van der Waals surface area contributed by atoms with Crippen molar-refractivity contribution in [1.82, 2.24) is 10.3 Å². The minimum Gasteiger partial charge on any atom is -0.307 e. The molecule has 1 aromatic heterocycles. The third-order valence-electron chi connectivity index (χ3n) is 2.55. The summed E-state index contributed by atoms with van der Waals surface area (Å²) in [6, 6.07) is 8.76. The van der Waals surface area contributed by atoms with Crippen LogP contribution in [0.4, 0.5) is 0 Å². The first-order chi connectivity index (χ1) is 7.88. The highest BCUT2D eigenvalue weighted by Crippen LogP contribution is 2.05. The highest BCUT2D eigenvalue weighted by Gasteiger charge is 1.96. The van der Waals surface area contributed by atoms with Gasteiger partial charge in [-0.3, -0.25) is 0 Å². The van der Waals surface area contributed by atoms with Crippen LogP contribution in [0.25, 0.3) is 0 Å². The summed E-state index contributed by atoms with van der Waals surface area (Å²) in [5, 5.41) is 5.46. The topological polar surface area (TPSA) is 24.9 Å².